The topological polar surface area (TPSA) is 271 Å². The Bertz CT molecular complexity index is 4440. The molecule has 0 aromatic heterocycles. The first-order valence-corrected chi connectivity index (χ1v) is 43.2. The summed E-state index contributed by atoms with van der Waals surface area (Å²) in [5.74, 6) is 7.57. The van der Waals surface area contributed by atoms with Gasteiger partial charge in [-0.15, -0.1) is 26.9 Å². The third-order valence-corrected chi connectivity index (χ3v) is 26.8. The number of hydrogen-bond donors (Lipinski definition) is 6. The van der Waals surface area contributed by atoms with E-state index in [-0.39, 0.29) is 276 Å². The molecule has 6 aromatic rings. The molecule has 8 fully saturated rings. The quantitative estimate of drug-likeness (QED) is 0.0110. The molecule has 17 atom stereocenters. The summed E-state index contributed by atoms with van der Waals surface area (Å²) in [6.45, 7) is 7.30. The van der Waals surface area contributed by atoms with E-state index in [0.717, 1.165) is 116 Å². The number of halogens is 8. The van der Waals surface area contributed by atoms with Crippen LogP contribution in [-0.2, 0) is 101 Å². The number of ether oxygens (including phenoxy) is 3. The molecule has 6 aromatic carbocycles. The Hall–Kier alpha value is -1.18. The summed E-state index contributed by atoms with van der Waals surface area (Å²) >= 11 is 3.92. The minimum atomic E-state index is -1.24. The van der Waals surface area contributed by atoms with Crippen LogP contribution in [0.2, 0.25) is 0 Å². The second-order valence-electron chi connectivity index (χ2n) is 32.1. The summed E-state index contributed by atoms with van der Waals surface area (Å²) in [6.07, 6.45) is 16.1. The van der Waals surface area contributed by atoms with Crippen molar-refractivity contribution in [3.05, 3.63) is 211 Å². The molecule has 122 heavy (non-hydrogen) atoms. The minimum absolute atomic E-state index is 0. The molecule has 12 aliphatic carbocycles. The van der Waals surface area contributed by atoms with Gasteiger partial charge in [-0.2, -0.15) is 33.2 Å². The predicted molar refractivity (Wildman–Crippen MR) is 438 cm³/mol. The van der Waals surface area contributed by atoms with E-state index >= 15 is 0 Å². The van der Waals surface area contributed by atoms with Crippen molar-refractivity contribution in [2.45, 2.75) is 197 Å². The molecule has 12 aliphatic rings. The monoisotopic (exact) mass is 2070 g/mol. The van der Waals surface area contributed by atoms with Crippen molar-refractivity contribution in [1.82, 2.24) is 33.2 Å². The first-order valence-electron chi connectivity index (χ1n) is 40.1. The van der Waals surface area contributed by atoms with Crippen LogP contribution >= 0.6 is 45.2 Å². The fraction of sp³-hybridized carbons (Fsp3) is 0.483. The summed E-state index contributed by atoms with van der Waals surface area (Å²) in [6, 6.07) is 39.1. The maximum Gasteiger partial charge on any atom is 0.315 e. The number of nitrogens with one attached hydrogen (secondary N) is 6. The third-order valence-electron chi connectivity index (χ3n) is 25.6. The van der Waals surface area contributed by atoms with Gasteiger partial charge in [-0.25, -0.2) is 0 Å². The number of hydrogen-bond acceptors (Lipinski definition) is 13. The van der Waals surface area contributed by atoms with Crippen LogP contribution in [0.15, 0.2) is 127 Å². The fourth-order valence-electron chi connectivity index (χ4n) is 21.8. The fourth-order valence-corrected chi connectivity index (χ4v) is 22.3. The maximum atomic E-state index is 12.8. The zero-order valence-electron chi connectivity index (χ0n) is 67.4. The molecular formula is C89H100Ar6F6I2N6O13. The van der Waals surface area contributed by atoms with Crippen molar-refractivity contribution in [1.29, 1.82) is 0 Å². The number of alkyl halides is 2. The van der Waals surface area contributed by atoms with Crippen molar-refractivity contribution in [3.63, 3.8) is 0 Å². The zero-order valence-corrected chi connectivity index (χ0v) is 76.0. The number of fused-ring (bicyclic) bond motifs is 32. The van der Waals surface area contributed by atoms with E-state index < -0.39 is 47.5 Å². The average molecular weight is 2070 g/mol. The van der Waals surface area contributed by atoms with Crippen molar-refractivity contribution in [3.8, 4) is 0 Å². The van der Waals surface area contributed by atoms with Gasteiger partial charge in [-0.1, -0.05) is 173 Å². The SMILES string of the molecule is CC(=O)Cc1cc(CC(=O)NF)c2c(c1)C1C3CCC(C3)C21.CC(=O)OC(C(=O)NF)c1ccccc1.CCOC(=O)CI.CCOC(=O)CI.O=C(Cc1c2c(cc3c1C1C4CCC(C4)C31)C1C3CCC(C3)C21)NF.O=C(Cc1cccc2c1C1C3CCC(C3)C21)NF.O=C(Cc1ccccc1)NF.O=C(Cc1ccccc1)NF.[Ar].[Ar].[Ar].[Ar].[Ar].[Ar]. The average Bonchev–Trinajstić information content (AvgIpc) is 1.47. The molecule has 0 spiro atoms. The molecule has 19 nitrogen and oxygen atoms in total. The van der Waals surface area contributed by atoms with Gasteiger partial charge in [-0.3, -0.25) is 47.9 Å². The minimum Gasteiger partial charge on any atom is -0.465 e. The Labute approximate surface area is 915 Å². The summed E-state index contributed by atoms with van der Waals surface area (Å²) in [5, 5.41) is 0. The predicted octanol–water partition coefficient (Wildman–Crippen LogP) is 16.0. The number of Topliss-reactive ketones (excluding diaryl/α,β-unsaturated/α-hetero) is 1. The third kappa shape index (κ3) is 27.1. The number of carbonyl (C=O) groups is 10. The second-order valence-corrected chi connectivity index (χ2v) is 33.7. The van der Waals surface area contributed by atoms with E-state index in [0.29, 0.717) is 63.6 Å². The Morgan fingerprint density at radius 2 is 0.697 bits per heavy atom. The van der Waals surface area contributed by atoms with Crippen LogP contribution in [0.4, 0.5) is 26.9 Å². The van der Waals surface area contributed by atoms with Gasteiger partial charge in [-0.05, 0) is 270 Å². The van der Waals surface area contributed by atoms with Crippen LogP contribution < -0.4 is 33.2 Å². The maximum absolute atomic E-state index is 12.8. The zero-order chi connectivity index (χ0) is 83.0. The van der Waals surface area contributed by atoms with Gasteiger partial charge in [0.25, 0.3) is 35.4 Å². The summed E-state index contributed by atoms with van der Waals surface area (Å²) in [7, 11) is 0. The molecule has 8 bridgehead atoms. The van der Waals surface area contributed by atoms with Crippen LogP contribution in [0, 0.1) is 274 Å². The van der Waals surface area contributed by atoms with E-state index in [1.165, 1.54) is 133 Å². The van der Waals surface area contributed by atoms with Crippen molar-refractivity contribution >= 4 is 104 Å². The molecule has 6 amide bonds. The molecule has 8 saturated carbocycles. The number of rotatable bonds is 19. The smallest absolute Gasteiger partial charge is 0.315 e. The standard InChI is InChI=1S/C22H24FNO.C18H20FNO2.C15H16FNO.C10H10FNO3.2C8H8FNO.2C4H7IO2.6Ar/c23-24-16(25)8-15-21-13(17-9-1-3-11(5-9)19(17)21)7-14-18-10-2-4-12(6-10)20(18)22(14)15;1-9(21)4-10-5-13(8-15(22)20-19)17-14(6-10)16-11-2-3-12(7-11)18(16)17;16-17-12(18)7-8-2-1-3-11-13(8)15-10-5-4-9(6-10)14(11)15;1-7(13)15-9(10(14)12-11)8-5-3-2-4-6-8;2*9-10-8(11)6-7-4-2-1-3-5-7;2*1-2-7-4(6)3-5;;;;;;/h7,9-12,17-20H,1-6,8H2,(H,24,25);5-6,11-12,16,18H,2-4,7-8H2,1H3,(H,20,22);1-3,9-10,14-15H,4-7H2,(H,17,18);2-6,9H,1H3,(H,12,14);2*1-5H,6H2,(H,10,11);2*2-3H2,1H3;;;;;;. The number of carbonyl (C=O) groups excluding carboxylic acids is 10. The molecule has 17 unspecified atom stereocenters. The molecule has 0 radical (unpaired) electrons. The normalized spacial score (nSPS) is 24.1. The Kier molecular flexibility index (Phi) is 49.4. The van der Waals surface area contributed by atoms with Gasteiger partial charge >= 0.3 is 17.9 Å². The first-order chi connectivity index (χ1) is 56.0. The second kappa shape index (κ2) is 54.1. The van der Waals surface area contributed by atoms with Gasteiger partial charge in [0.1, 0.15) is 5.78 Å². The van der Waals surface area contributed by atoms with Gasteiger partial charge in [0.15, 0.2) is 0 Å². The number of benzene rings is 6. The van der Waals surface area contributed by atoms with Crippen LogP contribution in [0.3, 0.4) is 0 Å². The van der Waals surface area contributed by atoms with Crippen LogP contribution in [-0.4, -0.2) is 81.2 Å². The Balaban J connectivity index is 0.000000255. The molecule has 0 saturated heterocycles. The number of amides is 6. The molecule has 18 rings (SSSR count). The summed E-state index contributed by atoms with van der Waals surface area (Å²) in [4.78, 5) is 109. The molecular weight excluding hydrogens is 1970 g/mol. The molecule has 668 valence electrons. The van der Waals surface area contributed by atoms with Gasteiger partial charge in [0.2, 0.25) is 6.10 Å². The van der Waals surface area contributed by atoms with Gasteiger partial charge in [0, 0.05) is 245 Å². The van der Waals surface area contributed by atoms with Crippen LogP contribution in [0.5, 0.6) is 0 Å². The van der Waals surface area contributed by atoms with Crippen molar-refractivity contribution in [2.75, 3.05) is 22.1 Å². The van der Waals surface area contributed by atoms with Gasteiger partial charge < -0.3 is 14.2 Å². The first kappa shape index (κ1) is 111. The molecule has 0 aliphatic heterocycles. The van der Waals surface area contributed by atoms with Crippen molar-refractivity contribution in [2.24, 2.45) is 47.3 Å². The van der Waals surface area contributed by atoms with Crippen molar-refractivity contribution < 1.29 is 315 Å². The van der Waals surface area contributed by atoms with Gasteiger partial charge in [0.05, 0.1) is 54.2 Å². The van der Waals surface area contributed by atoms with E-state index in [2.05, 4.69) is 27.7 Å². The largest absolute Gasteiger partial charge is 0.465 e. The molecule has 6 N–H and O–H groups in total. The summed E-state index contributed by atoms with van der Waals surface area (Å²) in [5.41, 5.74) is 24.8. The Morgan fingerprint density at radius 1 is 0.361 bits per heavy atom. The summed E-state index contributed by atoms with van der Waals surface area (Å²) < 4.78 is 87.0. The molecule has 0 heterocycles. The number of ketones is 1. The van der Waals surface area contributed by atoms with Crippen LogP contribution in [0.1, 0.15) is 242 Å². The molecule has 33 heteroatoms. The van der Waals surface area contributed by atoms with E-state index in [4.69, 9.17) is 4.74 Å². The van der Waals surface area contributed by atoms with E-state index in [9.17, 15) is 74.8 Å². The van der Waals surface area contributed by atoms with Crippen LogP contribution in [0.25, 0.3) is 0 Å². The van der Waals surface area contributed by atoms with E-state index in [1.54, 1.807) is 111 Å². The number of esters is 3. The Morgan fingerprint density at radius 3 is 1.05 bits per heavy atom. The van der Waals surface area contributed by atoms with E-state index in [1.807, 2.05) is 75.5 Å².